The Bertz CT molecular complexity index is 811. The van der Waals surface area contributed by atoms with Crippen molar-refractivity contribution < 1.29 is 4.39 Å². The van der Waals surface area contributed by atoms with Crippen LogP contribution in [0.2, 0.25) is 0 Å². The fourth-order valence-corrected chi connectivity index (χ4v) is 3.95. The van der Waals surface area contributed by atoms with E-state index in [2.05, 4.69) is 17.4 Å². The second-order valence-corrected chi connectivity index (χ2v) is 7.02. The van der Waals surface area contributed by atoms with E-state index in [9.17, 15) is 0 Å². The third kappa shape index (κ3) is 3.42. The van der Waals surface area contributed by atoms with Gasteiger partial charge in [-0.3, -0.25) is 0 Å². The highest BCUT2D eigenvalue weighted by Crippen LogP contribution is 2.42. The molecular formula is C24H24FN. The fraction of sp³-hybridized carbons (Fsp3) is 0.250. The van der Waals surface area contributed by atoms with Gasteiger partial charge in [0.2, 0.25) is 0 Å². The molecule has 2 heteroatoms. The maximum atomic E-state index is 16.1. The number of hydrogen-bond donors (Lipinski definition) is 1. The van der Waals surface area contributed by atoms with E-state index in [0.717, 1.165) is 37.1 Å². The molecule has 132 valence electrons. The van der Waals surface area contributed by atoms with Crippen LogP contribution in [0.3, 0.4) is 0 Å². The van der Waals surface area contributed by atoms with Gasteiger partial charge in [0, 0.05) is 11.5 Å². The van der Waals surface area contributed by atoms with Gasteiger partial charge in [-0.25, -0.2) is 4.39 Å². The molecule has 0 saturated carbocycles. The summed E-state index contributed by atoms with van der Waals surface area (Å²) < 4.78 is 16.1. The van der Waals surface area contributed by atoms with Crippen LogP contribution in [0.5, 0.6) is 0 Å². The molecule has 1 heterocycles. The topological polar surface area (TPSA) is 12.0 Å². The Morgan fingerprint density at radius 2 is 1.42 bits per heavy atom. The lowest BCUT2D eigenvalue weighted by Crippen LogP contribution is -2.28. The summed E-state index contributed by atoms with van der Waals surface area (Å²) in [6.07, 6.45) is 9.31. The molecule has 0 spiro atoms. The van der Waals surface area contributed by atoms with Crippen molar-refractivity contribution in [1.29, 1.82) is 0 Å². The Morgan fingerprint density at radius 3 is 2.04 bits per heavy atom. The average molecular weight is 345 g/mol. The van der Waals surface area contributed by atoms with Gasteiger partial charge in [-0.2, -0.15) is 0 Å². The van der Waals surface area contributed by atoms with Crippen molar-refractivity contribution in [3.8, 4) is 0 Å². The zero-order valence-electron chi connectivity index (χ0n) is 14.9. The first-order valence-corrected chi connectivity index (χ1v) is 9.37. The lowest BCUT2D eigenvalue weighted by Gasteiger charge is -2.31. The molecule has 0 amide bonds. The van der Waals surface area contributed by atoms with Gasteiger partial charge in [-0.1, -0.05) is 78.4 Å². The van der Waals surface area contributed by atoms with Crippen molar-refractivity contribution in [2.45, 2.75) is 24.4 Å². The van der Waals surface area contributed by atoms with Crippen LogP contribution in [-0.4, -0.2) is 18.8 Å². The summed E-state index contributed by atoms with van der Waals surface area (Å²) in [5.41, 5.74) is 2.69. The third-order valence-electron chi connectivity index (χ3n) is 5.28. The first kappa shape index (κ1) is 17.0. The average Bonchev–Trinajstić information content (AvgIpc) is 2.71. The van der Waals surface area contributed by atoms with Gasteiger partial charge in [0.15, 0.2) is 5.67 Å². The molecule has 1 N–H and O–H groups in total. The molecular weight excluding hydrogens is 321 g/mol. The normalized spacial score (nSPS) is 25.3. The Labute approximate surface area is 155 Å². The number of nitrogens with one attached hydrogen (secondary N) is 1. The molecule has 4 rings (SSSR count). The van der Waals surface area contributed by atoms with E-state index >= 15 is 4.39 Å². The predicted molar refractivity (Wildman–Crippen MR) is 107 cm³/mol. The Kier molecular flexibility index (Phi) is 4.85. The first-order valence-electron chi connectivity index (χ1n) is 9.37. The number of hydrogen-bond acceptors (Lipinski definition) is 1. The van der Waals surface area contributed by atoms with Crippen LogP contribution in [-0.2, 0) is 0 Å². The second kappa shape index (κ2) is 7.43. The van der Waals surface area contributed by atoms with Crippen molar-refractivity contribution in [3.63, 3.8) is 0 Å². The zero-order chi connectivity index (χ0) is 17.8. The summed E-state index contributed by atoms with van der Waals surface area (Å²) in [6.45, 7) is 1.84. The van der Waals surface area contributed by atoms with Crippen LogP contribution in [0.1, 0.15) is 29.9 Å². The Morgan fingerprint density at radius 1 is 0.846 bits per heavy atom. The molecule has 0 bridgehead atoms. The minimum atomic E-state index is -1.54. The van der Waals surface area contributed by atoms with Crippen LogP contribution >= 0.6 is 0 Å². The molecule has 2 aromatic rings. The highest BCUT2D eigenvalue weighted by molar-refractivity contribution is 5.79. The molecule has 2 aromatic carbocycles. The van der Waals surface area contributed by atoms with Crippen LogP contribution in [0, 0.1) is 0 Å². The van der Waals surface area contributed by atoms with E-state index in [4.69, 9.17) is 0 Å². The van der Waals surface area contributed by atoms with E-state index in [1.54, 1.807) is 12.2 Å². The van der Waals surface area contributed by atoms with Crippen LogP contribution in [0.4, 0.5) is 4.39 Å². The molecule has 0 unspecified atom stereocenters. The quantitative estimate of drug-likeness (QED) is 0.730. The predicted octanol–water partition coefficient (Wildman–Crippen LogP) is 5.44. The van der Waals surface area contributed by atoms with E-state index in [-0.39, 0.29) is 5.92 Å². The van der Waals surface area contributed by atoms with Gasteiger partial charge < -0.3 is 5.32 Å². The van der Waals surface area contributed by atoms with E-state index in [1.165, 1.54) is 11.1 Å². The van der Waals surface area contributed by atoms with Gasteiger partial charge in [0.25, 0.3) is 0 Å². The largest absolute Gasteiger partial charge is 0.316 e. The minimum Gasteiger partial charge on any atom is -0.316 e. The van der Waals surface area contributed by atoms with Crippen LogP contribution < -0.4 is 5.32 Å². The van der Waals surface area contributed by atoms with Crippen molar-refractivity contribution in [2.24, 2.45) is 0 Å². The SMILES string of the molecule is FC1(C(=C2CCNCC2)c2ccccc2)C=CC(c2ccccc2)C=C1. The number of allylic oxidation sites excluding steroid dienone is 5. The summed E-state index contributed by atoms with van der Waals surface area (Å²) >= 11 is 0. The lowest BCUT2D eigenvalue weighted by molar-refractivity contribution is 0.374. The molecule has 0 radical (unpaired) electrons. The Hall–Kier alpha value is -2.45. The number of alkyl halides is 1. The molecule has 2 aliphatic rings. The number of rotatable bonds is 3. The smallest absolute Gasteiger partial charge is 0.173 e. The maximum Gasteiger partial charge on any atom is 0.173 e. The van der Waals surface area contributed by atoms with Crippen LogP contribution in [0.25, 0.3) is 5.57 Å². The first-order chi connectivity index (χ1) is 12.8. The second-order valence-electron chi connectivity index (χ2n) is 7.02. The van der Waals surface area contributed by atoms with Gasteiger partial charge in [0.05, 0.1) is 0 Å². The minimum absolute atomic E-state index is 0.134. The van der Waals surface area contributed by atoms with Crippen molar-refractivity contribution in [3.05, 3.63) is 102 Å². The molecule has 1 saturated heterocycles. The van der Waals surface area contributed by atoms with Gasteiger partial charge >= 0.3 is 0 Å². The highest BCUT2D eigenvalue weighted by Gasteiger charge is 2.34. The van der Waals surface area contributed by atoms with Gasteiger partial charge in [-0.15, -0.1) is 0 Å². The van der Waals surface area contributed by atoms with Crippen molar-refractivity contribution in [2.75, 3.05) is 13.1 Å². The van der Waals surface area contributed by atoms with Crippen molar-refractivity contribution in [1.82, 2.24) is 5.32 Å². The lowest BCUT2D eigenvalue weighted by atomic mass is 9.79. The standard InChI is InChI=1S/C24H24FN/c25-24(15-11-20(12-16-24)19-7-3-1-4-8-19)23(21-9-5-2-6-10-21)22-13-17-26-18-14-22/h1-12,15-16,20,26H,13-14,17-18H2. The van der Waals surface area contributed by atoms with Gasteiger partial charge in [-0.05, 0) is 49.2 Å². The van der Waals surface area contributed by atoms with Crippen molar-refractivity contribution >= 4 is 5.57 Å². The maximum absolute atomic E-state index is 16.1. The molecule has 0 atom stereocenters. The summed E-state index contributed by atoms with van der Waals surface area (Å²) in [4.78, 5) is 0. The third-order valence-corrected chi connectivity index (χ3v) is 5.28. The number of benzene rings is 2. The van der Waals surface area contributed by atoms with E-state index in [0.29, 0.717) is 0 Å². The molecule has 1 aliphatic heterocycles. The molecule has 1 fully saturated rings. The van der Waals surface area contributed by atoms with Crippen LogP contribution in [0.15, 0.2) is 90.5 Å². The number of piperidine rings is 1. The Balaban J connectivity index is 1.72. The van der Waals surface area contributed by atoms with E-state index < -0.39 is 5.67 Å². The molecule has 1 aliphatic carbocycles. The summed E-state index contributed by atoms with van der Waals surface area (Å²) in [5, 5.41) is 3.37. The molecule has 0 aromatic heterocycles. The summed E-state index contributed by atoms with van der Waals surface area (Å²) in [6, 6.07) is 20.3. The molecule has 1 nitrogen and oxygen atoms in total. The number of halogens is 1. The molecule has 26 heavy (non-hydrogen) atoms. The summed E-state index contributed by atoms with van der Waals surface area (Å²) in [5.74, 6) is 0.134. The highest BCUT2D eigenvalue weighted by atomic mass is 19.1. The van der Waals surface area contributed by atoms with Gasteiger partial charge in [0.1, 0.15) is 0 Å². The van der Waals surface area contributed by atoms with E-state index in [1.807, 2.05) is 60.7 Å². The summed E-state index contributed by atoms with van der Waals surface area (Å²) in [7, 11) is 0. The fourth-order valence-electron chi connectivity index (χ4n) is 3.95. The zero-order valence-corrected chi connectivity index (χ0v) is 14.9. The monoisotopic (exact) mass is 345 g/mol.